The number of benzene rings is 2. The minimum atomic E-state index is -3.58. The normalized spacial score (nSPS) is 12.9. The highest BCUT2D eigenvalue weighted by molar-refractivity contribution is 7.89. The maximum atomic E-state index is 13.1. The van der Waals surface area contributed by atoms with Crippen molar-refractivity contribution < 1.29 is 13.2 Å². The third-order valence-electron chi connectivity index (χ3n) is 5.22. The van der Waals surface area contributed by atoms with Crippen molar-refractivity contribution in [3.8, 4) is 5.75 Å². The third-order valence-corrected chi connectivity index (χ3v) is 7.05. The van der Waals surface area contributed by atoms with Gasteiger partial charge >= 0.3 is 0 Å². The first-order valence-corrected chi connectivity index (χ1v) is 10.8. The van der Waals surface area contributed by atoms with E-state index in [9.17, 15) is 8.42 Å². The van der Waals surface area contributed by atoms with E-state index in [4.69, 9.17) is 4.74 Å². The number of nitrogens with one attached hydrogen (secondary N) is 1. The molecule has 0 aliphatic carbocycles. The minimum absolute atomic E-state index is 0.165. The van der Waals surface area contributed by atoms with Crippen molar-refractivity contribution in [1.82, 2.24) is 4.72 Å². The summed E-state index contributed by atoms with van der Waals surface area (Å²) in [4.78, 5) is 0.397. The van der Waals surface area contributed by atoms with Gasteiger partial charge in [-0.1, -0.05) is 30.7 Å². The summed E-state index contributed by atoms with van der Waals surface area (Å²) in [6.07, 6.45) is 1.37. The van der Waals surface area contributed by atoms with E-state index in [1.165, 1.54) is 0 Å². The lowest BCUT2D eigenvalue weighted by Gasteiger charge is -2.21. The minimum Gasteiger partial charge on any atom is -0.496 e. The van der Waals surface area contributed by atoms with Crippen LogP contribution in [0.3, 0.4) is 0 Å². The standard InChI is InChI=1S/C22H31NO3S/c1-8-20(13-19-9-10-21(26-7)18(6)17(19)5)23-27(24,25)22-15(3)11-14(2)12-16(22)4/h9-12,20,23H,8,13H2,1-7H3/t20-/m0/s1. The molecule has 0 fully saturated rings. The molecule has 0 bridgehead atoms. The van der Waals surface area contributed by atoms with Gasteiger partial charge in [0, 0.05) is 6.04 Å². The van der Waals surface area contributed by atoms with Gasteiger partial charge in [0.1, 0.15) is 5.75 Å². The zero-order valence-electron chi connectivity index (χ0n) is 17.4. The number of hydrogen-bond acceptors (Lipinski definition) is 3. The average molecular weight is 390 g/mol. The summed E-state index contributed by atoms with van der Waals surface area (Å²) in [5, 5.41) is 0. The molecule has 0 heterocycles. The van der Waals surface area contributed by atoms with Crippen molar-refractivity contribution in [3.05, 3.63) is 57.6 Å². The number of hydrogen-bond donors (Lipinski definition) is 1. The van der Waals surface area contributed by atoms with Crippen molar-refractivity contribution >= 4 is 10.0 Å². The molecule has 0 aliphatic heterocycles. The topological polar surface area (TPSA) is 55.4 Å². The molecule has 2 aromatic rings. The van der Waals surface area contributed by atoms with E-state index in [2.05, 4.69) is 11.6 Å². The molecule has 2 aromatic carbocycles. The molecule has 0 saturated carbocycles. The van der Waals surface area contributed by atoms with Crippen LogP contribution in [0.5, 0.6) is 5.75 Å². The molecular formula is C22H31NO3S. The van der Waals surface area contributed by atoms with Gasteiger partial charge < -0.3 is 4.74 Å². The van der Waals surface area contributed by atoms with Crippen molar-refractivity contribution in [1.29, 1.82) is 0 Å². The molecule has 1 atom stereocenters. The molecule has 148 valence electrons. The van der Waals surface area contributed by atoms with E-state index in [0.29, 0.717) is 17.7 Å². The Balaban J connectivity index is 2.31. The number of aryl methyl sites for hydroxylation is 3. The Labute approximate surface area is 164 Å². The van der Waals surface area contributed by atoms with E-state index < -0.39 is 10.0 Å². The van der Waals surface area contributed by atoms with E-state index in [1.54, 1.807) is 7.11 Å². The second-order valence-electron chi connectivity index (χ2n) is 7.34. The van der Waals surface area contributed by atoms with E-state index >= 15 is 0 Å². The molecule has 0 unspecified atom stereocenters. The van der Waals surface area contributed by atoms with Crippen LogP contribution in [0.2, 0.25) is 0 Å². The van der Waals surface area contributed by atoms with Crippen LogP contribution in [0.4, 0.5) is 0 Å². The molecule has 0 radical (unpaired) electrons. The maximum Gasteiger partial charge on any atom is 0.241 e. The van der Waals surface area contributed by atoms with Crippen LogP contribution in [0.25, 0.3) is 0 Å². The first-order chi connectivity index (χ1) is 12.6. The van der Waals surface area contributed by atoms with Crippen LogP contribution in [-0.4, -0.2) is 21.6 Å². The maximum absolute atomic E-state index is 13.1. The summed E-state index contributed by atoms with van der Waals surface area (Å²) in [7, 11) is -1.92. The quantitative estimate of drug-likeness (QED) is 0.756. The largest absolute Gasteiger partial charge is 0.496 e. The van der Waals surface area contributed by atoms with Crippen LogP contribution in [0.1, 0.15) is 46.7 Å². The monoisotopic (exact) mass is 389 g/mol. The van der Waals surface area contributed by atoms with Crippen LogP contribution in [0, 0.1) is 34.6 Å². The molecule has 27 heavy (non-hydrogen) atoms. The molecule has 0 amide bonds. The fraction of sp³-hybridized carbons (Fsp3) is 0.455. The molecule has 0 aromatic heterocycles. The molecule has 4 nitrogen and oxygen atoms in total. The van der Waals surface area contributed by atoms with Crippen LogP contribution in [0.15, 0.2) is 29.2 Å². The first-order valence-electron chi connectivity index (χ1n) is 9.34. The number of rotatable bonds is 7. The summed E-state index contributed by atoms with van der Waals surface area (Å²) < 4.78 is 34.4. The lowest BCUT2D eigenvalue weighted by molar-refractivity contribution is 0.411. The van der Waals surface area contributed by atoms with Gasteiger partial charge in [-0.15, -0.1) is 0 Å². The summed E-state index contributed by atoms with van der Waals surface area (Å²) in [5.74, 6) is 0.857. The third kappa shape index (κ3) is 4.71. The Hall–Kier alpha value is -1.85. The SMILES string of the molecule is CC[C@@H](Cc1ccc(OC)c(C)c1C)NS(=O)(=O)c1c(C)cc(C)cc1C. The van der Waals surface area contributed by atoms with Crippen LogP contribution < -0.4 is 9.46 Å². The van der Waals surface area contributed by atoms with Gasteiger partial charge in [-0.3, -0.25) is 0 Å². The smallest absolute Gasteiger partial charge is 0.241 e. The Bertz CT molecular complexity index is 910. The molecule has 5 heteroatoms. The van der Waals surface area contributed by atoms with E-state index in [-0.39, 0.29) is 6.04 Å². The zero-order chi connectivity index (χ0) is 20.4. The Kier molecular flexibility index (Phi) is 6.71. The molecule has 0 spiro atoms. The van der Waals surface area contributed by atoms with Gasteiger partial charge in [-0.05, 0) is 81.3 Å². The second-order valence-corrected chi connectivity index (χ2v) is 8.99. The molecule has 1 N–H and O–H groups in total. The lowest BCUT2D eigenvalue weighted by atomic mass is 9.96. The summed E-state index contributed by atoms with van der Waals surface area (Å²) in [6.45, 7) is 11.8. The van der Waals surface area contributed by atoms with Crippen LogP contribution in [-0.2, 0) is 16.4 Å². The number of sulfonamides is 1. The Morgan fingerprint density at radius 1 is 1.00 bits per heavy atom. The highest BCUT2D eigenvalue weighted by Gasteiger charge is 2.24. The molecular weight excluding hydrogens is 358 g/mol. The van der Waals surface area contributed by atoms with Gasteiger partial charge in [-0.2, -0.15) is 0 Å². The number of methoxy groups -OCH3 is 1. The Morgan fingerprint density at radius 3 is 2.11 bits per heavy atom. The van der Waals surface area contributed by atoms with Gasteiger partial charge in [0.2, 0.25) is 10.0 Å². The van der Waals surface area contributed by atoms with Gasteiger partial charge in [-0.25, -0.2) is 13.1 Å². The van der Waals surface area contributed by atoms with Gasteiger partial charge in [0.15, 0.2) is 0 Å². The predicted molar refractivity (Wildman–Crippen MR) is 111 cm³/mol. The fourth-order valence-electron chi connectivity index (χ4n) is 3.70. The van der Waals surface area contributed by atoms with Gasteiger partial charge in [0.05, 0.1) is 12.0 Å². The van der Waals surface area contributed by atoms with E-state index in [0.717, 1.165) is 39.1 Å². The van der Waals surface area contributed by atoms with Crippen molar-refractivity contribution in [2.45, 2.75) is 65.3 Å². The first kappa shape index (κ1) is 21.5. The molecule has 0 saturated heterocycles. The summed E-state index contributed by atoms with van der Waals surface area (Å²) in [6, 6.07) is 7.65. The zero-order valence-corrected chi connectivity index (χ0v) is 18.3. The lowest BCUT2D eigenvalue weighted by Crippen LogP contribution is -2.36. The molecule has 2 rings (SSSR count). The number of ether oxygens (including phenoxy) is 1. The Morgan fingerprint density at radius 2 is 1.59 bits per heavy atom. The molecule has 0 aliphatic rings. The van der Waals surface area contributed by atoms with Crippen molar-refractivity contribution in [2.75, 3.05) is 7.11 Å². The predicted octanol–water partition coefficient (Wildman–Crippen LogP) is 4.54. The highest BCUT2D eigenvalue weighted by atomic mass is 32.2. The average Bonchev–Trinajstić information content (AvgIpc) is 2.57. The van der Waals surface area contributed by atoms with Crippen molar-refractivity contribution in [3.63, 3.8) is 0 Å². The van der Waals surface area contributed by atoms with E-state index in [1.807, 2.05) is 58.9 Å². The second kappa shape index (κ2) is 8.44. The van der Waals surface area contributed by atoms with Crippen LogP contribution >= 0.6 is 0 Å². The highest BCUT2D eigenvalue weighted by Crippen LogP contribution is 2.26. The van der Waals surface area contributed by atoms with Crippen molar-refractivity contribution in [2.24, 2.45) is 0 Å². The van der Waals surface area contributed by atoms with Gasteiger partial charge in [0.25, 0.3) is 0 Å². The summed E-state index contributed by atoms with van der Waals surface area (Å²) in [5.41, 5.74) is 6.02. The fourth-order valence-corrected chi connectivity index (χ4v) is 5.47. The summed E-state index contributed by atoms with van der Waals surface area (Å²) >= 11 is 0.